The van der Waals surface area contributed by atoms with Gasteiger partial charge >= 0.3 is 11.9 Å². The minimum Gasteiger partial charge on any atom is -0.493 e. The molecule has 1 aromatic rings. The zero-order chi connectivity index (χ0) is 14.6. The fourth-order valence-electron chi connectivity index (χ4n) is 1.64. The molecule has 0 bridgehead atoms. The maximum Gasteiger partial charge on any atom is 0.340 e. The largest absolute Gasteiger partial charge is 0.493 e. The fourth-order valence-corrected chi connectivity index (χ4v) is 1.64. The van der Waals surface area contributed by atoms with E-state index in [0.29, 0.717) is 0 Å². The summed E-state index contributed by atoms with van der Waals surface area (Å²) in [7, 11) is 5.12. The van der Waals surface area contributed by atoms with Crippen molar-refractivity contribution >= 4 is 11.9 Å². The van der Waals surface area contributed by atoms with Crippen LogP contribution in [0.2, 0.25) is 0 Å². The van der Waals surface area contributed by atoms with Gasteiger partial charge in [0.1, 0.15) is 5.56 Å². The summed E-state index contributed by atoms with van der Waals surface area (Å²) >= 11 is 0. The first kappa shape index (κ1) is 14.6. The molecule has 0 aliphatic rings. The highest BCUT2D eigenvalue weighted by Gasteiger charge is 2.28. The van der Waals surface area contributed by atoms with Gasteiger partial charge in [-0.1, -0.05) is 0 Å². The Morgan fingerprint density at radius 1 is 1.00 bits per heavy atom. The fraction of sp³-hybridized carbons (Fsp3) is 0.333. The zero-order valence-electron chi connectivity index (χ0n) is 11.0. The Hall–Kier alpha value is -2.44. The maximum absolute atomic E-state index is 11.6. The van der Waals surface area contributed by atoms with Gasteiger partial charge < -0.3 is 24.1 Å². The number of methoxy groups -OCH3 is 4. The Morgan fingerprint density at radius 3 is 1.95 bits per heavy atom. The molecule has 0 radical (unpaired) electrons. The molecular formula is C12H14O7. The molecule has 0 saturated carbocycles. The van der Waals surface area contributed by atoms with E-state index in [1.165, 1.54) is 27.4 Å². The van der Waals surface area contributed by atoms with Crippen molar-refractivity contribution in [2.24, 2.45) is 0 Å². The molecule has 0 aliphatic carbocycles. The van der Waals surface area contributed by atoms with Crippen LogP contribution in [0.3, 0.4) is 0 Å². The van der Waals surface area contributed by atoms with Crippen LogP contribution in [0.15, 0.2) is 6.07 Å². The lowest BCUT2D eigenvalue weighted by Gasteiger charge is -2.16. The summed E-state index contributed by atoms with van der Waals surface area (Å²) in [6.07, 6.45) is 0. The molecule has 104 valence electrons. The number of esters is 1. The lowest BCUT2D eigenvalue weighted by Crippen LogP contribution is -2.13. The predicted octanol–water partition coefficient (Wildman–Crippen LogP) is 1.20. The highest BCUT2D eigenvalue weighted by Crippen LogP contribution is 2.42. The molecule has 0 heterocycles. The Labute approximate surface area is 109 Å². The number of hydrogen-bond donors (Lipinski definition) is 1. The first-order valence-electron chi connectivity index (χ1n) is 5.16. The highest BCUT2D eigenvalue weighted by molar-refractivity contribution is 6.05. The molecular weight excluding hydrogens is 256 g/mol. The Balaban J connectivity index is 3.72. The summed E-state index contributed by atoms with van der Waals surface area (Å²) in [5, 5.41) is 9.22. The van der Waals surface area contributed by atoms with Crippen molar-refractivity contribution in [1.29, 1.82) is 0 Å². The number of carboxylic acid groups (broad SMARTS) is 1. The van der Waals surface area contributed by atoms with Crippen LogP contribution in [0, 0.1) is 0 Å². The van der Waals surface area contributed by atoms with E-state index in [1.807, 2.05) is 0 Å². The number of carboxylic acids is 1. The average molecular weight is 270 g/mol. The highest BCUT2D eigenvalue weighted by atomic mass is 16.5. The third-order valence-corrected chi connectivity index (χ3v) is 2.45. The molecule has 19 heavy (non-hydrogen) atoms. The standard InChI is InChI=1S/C12H14O7/c1-16-7-5-6(12(15)19-4)8(11(13)14)10(18-3)9(7)17-2/h5H,1-4H3,(H,13,14). The molecule has 1 N–H and O–H groups in total. The van der Waals surface area contributed by atoms with Crippen molar-refractivity contribution < 1.29 is 33.6 Å². The van der Waals surface area contributed by atoms with Crippen LogP contribution in [0.25, 0.3) is 0 Å². The molecule has 0 spiro atoms. The van der Waals surface area contributed by atoms with Crippen molar-refractivity contribution in [3.63, 3.8) is 0 Å². The third-order valence-electron chi connectivity index (χ3n) is 2.45. The maximum atomic E-state index is 11.6. The SMILES string of the molecule is COC(=O)c1cc(OC)c(OC)c(OC)c1C(=O)O. The normalized spacial score (nSPS) is 9.68. The van der Waals surface area contributed by atoms with Gasteiger partial charge in [0.15, 0.2) is 11.5 Å². The van der Waals surface area contributed by atoms with Crippen LogP contribution in [0.4, 0.5) is 0 Å². The molecule has 1 aromatic carbocycles. The van der Waals surface area contributed by atoms with Gasteiger partial charge in [0.2, 0.25) is 5.75 Å². The smallest absolute Gasteiger partial charge is 0.340 e. The van der Waals surface area contributed by atoms with Gasteiger partial charge in [0, 0.05) is 0 Å². The van der Waals surface area contributed by atoms with E-state index in [9.17, 15) is 14.7 Å². The minimum absolute atomic E-state index is 0.0926. The molecule has 0 aliphatic heterocycles. The summed E-state index contributed by atoms with van der Waals surface area (Å²) in [4.78, 5) is 22.9. The monoisotopic (exact) mass is 270 g/mol. The number of aromatic carboxylic acids is 1. The molecule has 0 aromatic heterocycles. The van der Waals surface area contributed by atoms with Crippen molar-refractivity contribution in [3.05, 3.63) is 17.2 Å². The van der Waals surface area contributed by atoms with E-state index in [2.05, 4.69) is 4.74 Å². The number of ether oxygens (including phenoxy) is 4. The van der Waals surface area contributed by atoms with Gasteiger partial charge in [0.05, 0.1) is 34.0 Å². The van der Waals surface area contributed by atoms with E-state index in [1.54, 1.807) is 0 Å². The van der Waals surface area contributed by atoms with Crippen LogP contribution in [0.1, 0.15) is 20.7 Å². The summed E-state index contributed by atoms with van der Waals surface area (Å²) in [6.45, 7) is 0. The Bertz CT molecular complexity index is 507. The topological polar surface area (TPSA) is 91.3 Å². The van der Waals surface area contributed by atoms with Gasteiger partial charge in [-0.2, -0.15) is 0 Å². The van der Waals surface area contributed by atoms with E-state index in [-0.39, 0.29) is 28.4 Å². The van der Waals surface area contributed by atoms with E-state index in [0.717, 1.165) is 7.11 Å². The first-order valence-corrected chi connectivity index (χ1v) is 5.16. The Kier molecular flexibility index (Phi) is 4.57. The zero-order valence-corrected chi connectivity index (χ0v) is 11.0. The van der Waals surface area contributed by atoms with Crippen LogP contribution in [-0.4, -0.2) is 45.5 Å². The van der Waals surface area contributed by atoms with Crippen molar-refractivity contribution in [1.82, 2.24) is 0 Å². The van der Waals surface area contributed by atoms with Crippen LogP contribution >= 0.6 is 0 Å². The second-order valence-corrected chi connectivity index (χ2v) is 3.36. The van der Waals surface area contributed by atoms with Gasteiger partial charge in [-0.3, -0.25) is 0 Å². The van der Waals surface area contributed by atoms with Crippen molar-refractivity contribution in [2.45, 2.75) is 0 Å². The van der Waals surface area contributed by atoms with Gasteiger partial charge in [0.25, 0.3) is 0 Å². The first-order chi connectivity index (χ1) is 9.01. The molecule has 0 atom stereocenters. The average Bonchev–Trinajstić information content (AvgIpc) is 2.43. The second-order valence-electron chi connectivity index (χ2n) is 3.36. The van der Waals surface area contributed by atoms with Crippen LogP contribution in [0.5, 0.6) is 17.2 Å². The van der Waals surface area contributed by atoms with Crippen molar-refractivity contribution in [3.8, 4) is 17.2 Å². The lowest BCUT2D eigenvalue weighted by atomic mass is 10.0. The summed E-state index contributed by atoms with van der Waals surface area (Å²) in [6, 6.07) is 1.23. The molecule has 0 amide bonds. The second kappa shape index (κ2) is 5.94. The number of carbonyl (C=O) groups is 2. The van der Waals surface area contributed by atoms with E-state index in [4.69, 9.17) is 14.2 Å². The predicted molar refractivity (Wildman–Crippen MR) is 64.4 cm³/mol. The quantitative estimate of drug-likeness (QED) is 0.803. The number of carbonyl (C=O) groups excluding carboxylic acids is 1. The minimum atomic E-state index is -1.33. The van der Waals surface area contributed by atoms with Crippen LogP contribution in [-0.2, 0) is 4.74 Å². The van der Waals surface area contributed by atoms with Gasteiger partial charge in [-0.05, 0) is 6.07 Å². The molecule has 0 fully saturated rings. The van der Waals surface area contributed by atoms with Gasteiger partial charge in [-0.15, -0.1) is 0 Å². The number of rotatable bonds is 5. The molecule has 0 unspecified atom stereocenters. The molecule has 7 nitrogen and oxygen atoms in total. The number of hydrogen-bond acceptors (Lipinski definition) is 6. The summed E-state index contributed by atoms with van der Waals surface area (Å²) in [5.41, 5.74) is -0.517. The lowest BCUT2D eigenvalue weighted by molar-refractivity contribution is 0.0580. The Morgan fingerprint density at radius 2 is 1.58 bits per heavy atom. The summed E-state index contributed by atoms with van der Waals surface area (Å²) in [5.74, 6) is -1.98. The molecule has 0 saturated heterocycles. The van der Waals surface area contributed by atoms with Gasteiger partial charge in [-0.25, -0.2) is 9.59 Å². The third kappa shape index (κ3) is 2.54. The summed E-state index contributed by atoms with van der Waals surface area (Å²) < 4.78 is 19.7. The van der Waals surface area contributed by atoms with E-state index >= 15 is 0 Å². The van der Waals surface area contributed by atoms with Crippen LogP contribution < -0.4 is 14.2 Å². The number of benzene rings is 1. The van der Waals surface area contributed by atoms with E-state index < -0.39 is 11.9 Å². The molecule has 7 heteroatoms. The molecule has 1 rings (SSSR count). The van der Waals surface area contributed by atoms with Crippen molar-refractivity contribution in [2.75, 3.05) is 28.4 Å².